The Balaban J connectivity index is 1.90. The van der Waals surface area contributed by atoms with Gasteiger partial charge in [0, 0.05) is 24.3 Å². The van der Waals surface area contributed by atoms with Gasteiger partial charge in [-0.15, -0.1) is 6.58 Å². The van der Waals surface area contributed by atoms with Crippen LogP contribution in [-0.2, 0) is 0 Å². The number of fused-ring (bicyclic) bond motifs is 1. The average molecular weight is 277 g/mol. The highest BCUT2D eigenvalue weighted by molar-refractivity contribution is 5.91. The van der Waals surface area contributed by atoms with E-state index >= 15 is 0 Å². The van der Waals surface area contributed by atoms with Gasteiger partial charge < -0.3 is 10.6 Å². The fraction of sp³-hybridized carbons (Fsp3) is 0.0625. The van der Waals surface area contributed by atoms with Crippen molar-refractivity contribution in [1.29, 1.82) is 0 Å². The van der Waals surface area contributed by atoms with Crippen molar-refractivity contribution in [2.24, 2.45) is 0 Å². The van der Waals surface area contributed by atoms with E-state index in [1.54, 1.807) is 18.5 Å². The minimum atomic E-state index is 0.530. The van der Waals surface area contributed by atoms with Crippen molar-refractivity contribution in [3.63, 3.8) is 0 Å². The molecule has 1 aromatic carbocycles. The van der Waals surface area contributed by atoms with Crippen molar-refractivity contribution in [1.82, 2.24) is 15.0 Å². The Morgan fingerprint density at radius 3 is 2.86 bits per heavy atom. The molecule has 0 saturated carbocycles. The molecule has 2 N–H and O–H groups in total. The molecule has 21 heavy (non-hydrogen) atoms. The van der Waals surface area contributed by atoms with E-state index in [1.165, 1.54) is 0 Å². The molecular formula is C16H15N5. The van der Waals surface area contributed by atoms with Crippen LogP contribution >= 0.6 is 0 Å². The van der Waals surface area contributed by atoms with Crippen molar-refractivity contribution < 1.29 is 0 Å². The molecule has 5 heteroatoms. The molecular weight excluding hydrogens is 262 g/mol. The molecule has 2 aromatic heterocycles. The second-order valence-electron chi connectivity index (χ2n) is 4.44. The lowest BCUT2D eigenvalue weighted by Crippen LogP contribution is -2.04. The number of rotatable bonds is 5. The zero-order valence-corrected chi connectivity index (χ0v) is 11.5. The zero-order chi connectivity index (χ0) is 14.5. The van der Waals surface area contributed by atoms with Crippen LogP contribution in [0.15, 0.2) is 61.4 Å². The van der Waals surface area contributed by atoms with Gasteiger partial charge in [0.2, 0.25) is 5.95 Å². The highest BCUT2D eigenvalue weighted by Gasteiger charge is 2.04. The van der Waals surface area contributed by atoms with Gasteiger partial charge in [0.05, 0.1) is 11.2 Å². The number of anilines is 3. The standard InChI is InChI=1S/C16H15N5/c1-2-9-17-14-8-11-19-16(21-14)20-13-7-3-5-12-6-4-10-18-15(12)13/h2-8,10-11H,1,9H2,(H2,17,19,20,21). The van der Waals surface area contributed by atoms with Crippen LogP contribution in [0.1, 0.15) is 0 Å². The molecule has 104 valence electrons. The van der Waals surface area contributed by atoms with Crippen molar-refractivity contribution in [2.75, 3.05) is 17.2 Å². The summed E-state index contributed by atoms with van der Waals surface area (Å²) < 4.78 is 0. The Labute approximate surface area is 122 Å². The second kappa shape index (κ2) is 6.00. The Morgan fingerprint density at radius 2 is 1.95 bits per heavy atom. The van der Waals surface area contributed by atoms with Gasteiger partial charge in [-0.25, -0.2) is 4.98 Å². The molecule has 0 aliphatic rings. The fourth-order valence-electron chi connectivity index (χ4n) is 2.02. The van der Waals surface area contributed by atoms with E-state index in [0.29, 0.717) is 12.5 Å². The minimum Gasteiger partial charge on any atom is -0.366 e. The third-order valence-electron chi connectivity index (χ3n) is 2.96. The predicted molar refractivity (Wildman–Crippen MR) is 85.7 cm³/mol. The molecule has 0 amide bonds. The molecule has 0 radical (unpaired) electrons. The van der Waals surface area contributed by atoms with E-state index in [4.69, 9.17) is 0 Å². The lowest BCUT2D eigenvalue weighted by molar-refractivity contribution is 1.14. The van der Waals surface area contributed by atoms with Crippen LogP contribution in [-0.4, -0.2) is 21.5 Å². The summed E-state index contributed by atoms with van der Waals surface area (Å²) in [5.74, 6) is 1.28. The third kappa shape index (κ3) is 2.97. The Morgan fingerprint density at radius 1 is 1.05 bits per heavy atom. The Bertz CT molecular complexity index is 764. The summed E-state index contributed by atoms with van der Waals surface area (Å²) in [6, 6.07) is 11.7. The van der Waals surface area contributed by atoms with Crippen LogP contribution in [0.5, 0.6) is 0 Å². The summed E-state index contributed by atoms with van der Waals surface area (Å²) in [5.41, 5.74) is 1.78. The van der Waals surface area contributed by atoms with Gasteiger partial charge in [-0.3, -0.25) is 4.98 Å². The molecule has 5 nitrogen and oxygen atoms in total. The number of nitrogens with zero attached hydrogens (tertiary/aromatic N) is 3. The number of aromatic nitrogens is 3. The van der Waals surface area contributed by atoms with Crippen LogP contribution < -0.4 is 10.6 Å². The quantitative estimate of drug-likeness (QED) is 0.700. The largest absolute Gasteiger partial charge is 0.366 e. The summed E-state index contributed by atoms with van der Waals surface area (Å²) in [7, 11) is 0. The third-order valence-corrected chi connectivity index (χ3v) is 2.96. The van der Waals surface area contributed by atoms with E-state index < -0.39 is 0 Å². The van der Waals surface area contributed by atoms with Gasteiger partial charge in [0.1, 0.15) is 5.82 Å². The Hall–Kier alpha value is -2.95. The molecule has 2 heterocycles. The molecule has 0 saturated heterocycles. The first kappa shape index (κ1) is 13.1. The SMILES string of the molecule is C=CCNc1ccnc(Nc2cccc3cccnc23)n1. The summed E-state index contributed by atoms with van der Waals surface area (Å²) in [6.07, 6.45) is 5.26. The molecule has 3 rings (SSSR count). The van der Waals surface area contributed by atoms with Crippen molar-refractivity contribution in [2.45, 2.75) is 0 Å². The van der Waals surface area contributed by atoms with Gasteiger partial charge in [-0.05, 0) is 18.2 Å². The number of para-hydroxylation sites is 1. The number of benzene rings is 1. The van der Waals surface area contributed by atoms with Gasteiger partial charge in [-0.1, -0.05) is 24.3 Å². The molecule has 0 aliphatic carbocycles. The molecule has 0 fully saturated rings. The van der Waals surface area contributed by atoms with Gasteiger partial charge >= 0.3 is 0 Å². The summed E-state index contributed by atoms with van der Waals surface area (Å²) in [4.78, 5) is 13.0. The maximum atomic E-state index is 4.40. The van der Waals surface area contributed by atoms with Gasteiger partial charge in [-0.2, -0.15) is 4.98 Å². The second-order valence-corrected chi connectivity index (χ2v) is 4.44. The number of pyridine rings is 1. The van der Waals surface area contributed by atoms with E-state index in [-0.39, 0.29) is 0 Å². The average Bonchev–Trinajstić information content (AvgIpc) is 2.54. The van der Waals surface area contributed by atoms with E-state index in [0.717, 1.165) is 22.4 Å². The smallest absolute Gasteiger partial charge is 0.229 e. The van der Waals surface area contributed by atoms with E-state index in [1.807, 2.05) is 36.4 Å². The normalized spacial score (nSPS) is 10.3. The van der Waals surface area contributed by atoms with E-state index in [2.05, 4.69) is 32.2 Å². The van der Waals surface area contributed by atoms with Crippen LogP contribution in [0.4, 0.5) is 17.5 Å². The molecule has 0 bridgehead atoms. The topological polar surface area (TPSA) is 62.7 Å². The molecule has 0 aliphatic heterocycles. The molecule has 3 aromatic rings. The minimum absolute atomic E-state index is 0.530. The maximum Gasteiger partial charge on any atom is 0.229 e. The van der Waals surface area contributed by atoms with Crippen LogP contribution in [0, 0.1) is 0 Å². The Kier molecular flexibility index (Phi) is 3.73. The van der Waals surface area contributed by atoms with Crippen LogP contribution in [0.3, 0.4) is 0 Å². The zero-order valence-electron chi connectivity index (χ0n) is 11.5. The van der Waals surface area contributed by atoms with E-state index in [9.17, 15) is 0 Å². The lowest BCUT2D eigenvalue weighted by Gasteiger charge is -2.09. The maximum absolute atomic E-state index is 4.40. The fourth-order valence-corrected chi connectivity index (χ4v) is 2.02. The van der Waals surface area contributed by atoms with Crippen molar-refractivity contribution >= 4 is 28.4 Å². The van der Waals surface area contributed by atoms with Crippen molar-refractivity contribution in [3.05, 3.63) is 61.4 Å². The summed E-state index contributed by atoms with van der Waals surface area (Å²) >= 11 is 0. The van der Waals surface area contributed by atoms with Crippen LogP contribution in [0.25, 0.3) is 10.9 Å². The first-order chi connectivity index (χ1) is 10.4. The van der Waals surface area contributed by atoms with Gasteiger partial charge in [0.25, 0.3) is 0 Å². The summed E-state index contributed by atoms with van der Waals surface area (Å²) in [6.45, 7) is 4.33. The molecule has 0 atom stereocenters. The van der Waals surface area contributed by atoms with Crippen LogP contribution in [0.2, 0.25) is 0 Å². The van der Waals surface area contributed by atoms with Gasteiger partial charge in [0.15, 0.2) is 0 Å². The predicted octanol–water partition coefficient (Wildman–Crippen LogP) is 3.37. The lowest BCUT2D eigenvalue weighted by atomic mass is 10.2. The highest BCUT2D eigenvalue weighted by Crippen LogP contribution is 2.23. The number of hydrogen-bond acceptors (Lipinski definition) is 5. The highest BCUT2D eigenvalue weighted by atomic mass is 15.1. The summed E-state index contributed by atoms with van der Waals surface area (Å²) in [5, 5.41) is 7.42. The molecule has 0 spiro atoms. The first-order valence-electron chi connectivity index (χ1n) is 6.65. The number of nitrogens with one attached hydrogen (secondary N) is 2. The van der Waals surface area contributed by atoms with Crippen molar-refractivity contribution in [3.8, 4) is 0 Å². The monoisotopic (exact) mass is 277 g/mol. The first-order valence-corrected chi connectivity index (χ1v) is 6.65. The molecule has 0 unspecified atom stereocenters. The number of hydrogen-bond donors (Lipinski definition) is 2.